The second kappa shape index (κ2) is 10.7. The Morgan fingerprint density at radius 1 is 0.912 bits per heavy atom. The minimum absolute atomic E-state index is 0.0199. The monoisotopic (exact) mass is 455 g/mol. The van der Waals surface area contributed by atoms with E-state index in [1.807, 2.05) is 96.9 Å². The maximum absolute atomic E-state index is 13.4. The van der Waals surface area contributed by atoms with E-state index in [9.17, 15) is 4.79 Å². The van der Waals surface area contributed by atoms with E-state index < -0.39 is 0 Å². The first-order valence-electron chi connectivity index (χ1n) is 11.4. The number of rotatable bonds is 9. The second-order valence-electron chi connectivity index (χ2n) is 7.97. The number of amides is 1. The summed E-state index contributed by atoms with van der Waals surface area (Å²) < 4.78 is 13.6. The molecule has 0 saturated heterocycles. The molecule has 0 radical (unpaired) electrons. The van der Waals surface area contributed by atoms with Crippen molar-refractivity contribution in [2.75, 3.05) is 13.7 Å². The summed E-state index contributed by atoms with van der Waals surface area (Å²) in [6.45, 7) is 3.05. The van der Waals surface area contributed by atoms with Gasteiger partial charge in [-0.1, -0.05) is 67.6 Å². The van der Waals surface area contributed by atoms with Crippen LogP contribution in [0.2, 0.25) is 0 Å². The Kier molecular flexibility index (Phi) is 7.28. The van der Waals surface area contributed by atoms with E-state index in [4.69, 9.17) is 14.6 Å². The number of aromatic nitrogens is 2. The molecule has 0 spiro atoms. The molecule has 0 aliphatic rings. The van der Waals surface area contributed by atoms with Crippen LogP contribution >= 0.6 is 0 Å². The standard InChI is InChI=1S/C28H29N3O3/c1-4-19-31(27(32)22-15-9-6-10-16-22)20-23-26(21-13-7-5-8-14-21)29-30(2)28(23)34-25-18-12-11-17-24(25)33-3/h5-18H,4,19-20H2,1-3H3. The molecule has 0 unspecified atom stereocenters. The molecular weight excluding hydrogens is 426 g/mol. The minimum atomic E-state index is -0.0199. The highest BCUT2D eigenvalue weighted by atomic mass is 16.5. The molecule has 0 aliphatic carbocycles. The maximum Gasteiger partial charge on any atom is 0.254 e. The van der Waals surface area contributed by atoms with Gasteiger partial charge in [-0.2, -0.15) is 5.10 Å². The summed E-state index contributed by atoms with van der Waals surface area (Å²) in [6, 6.07) is 26.8. The van der Waals surface area contributed by atoms with Crippen LogP contribution in [0.25, 0.3) is 11.3 Å². The van der Waals surface area contributed by atoms with Crippen LogP contribution < -0.4 is 9.47 Å². The van der Waals surface area contributed by atoms with Gasteiger partial charge in [0.05, 0.1) is 19.2 Å². The van der Waals surface area contributed by atoms with Crippen LogP contribution in [0, 0.1) is 0 Å². The molecule has 1 amide bonds. The third kappa shape index (κ3) is 4.96. The molecule has 6 heteroatoms. The van der Waals surface area contributed by atoms with E-state index in [1.165, 1.54) is 0 Å². The molecule has 4 rings (SSSR count). The quantitative estimate of drug-likeness (QED) is 0.313. The van der Waals surface area contributed by atoms with Crippen molar-refractivity contribution in [1.82, 2.24) is 14.7 Å². The average Bonchev–Trinajstić information content (AvgIpc) is 3.19. The molecule has 0 aliphatic heterocycles. The summed E-state index contributed by atoms with van der Waals surface area (Å²) in [4.78, 5) is 15.3. The molecule has 0 N–H and O–H groups in total. The number of aryl methyl sites for hydroxylation is 1. The van der Waals surface area contributed by atoms with Crippen LogP contribution in [-0.4, -0.2) is 34.2 Å². The maximum atomic E-state index is 13.4. The van der Waals surface area contributed by atoms with Gasteiger partial charge in [0.25, 0.3) is 5.91 Å². The fraction of sp³-hybridized carbons (Fsp3) is 0.214. The molecule has 0 atom stereocenters. The molecule has 0 saturated carbocycles. The van der Waals surface area contributed by atoms with Crippen molar-refractivity contribution >= 4 is 5.91 Å². The van der Waals surface area contributed by atoms with E-state index in [0.29, 0.717) is 36.0 Å². The third-order valence-corrected chi connectivity index (χ3v) is 5.56. The van der Waals surface area contributed by atoms with Gasteiger partial charge in [0, 0.05) is 24.7 Å². The predicted octanol–water partition coefficient (Wildman–Crippen LogP) is 5.94. The van der Waals surface area contributed by atoms with Crippen molar-refractivity contribution in [3.8, 4) is 28.6 Å². The van der Waals surface area contributed by atoms with Crippen molar-refractivity contribution in [1.29, 1.82) is 0 Å². The van der Waals surface area contributed by atoms with E-state index in [0.717, 1.165) is 23.2 Å². The zero-order valence-electron chi connectivity index (χ0n) is 19.8. The first-order chi connectivity index (χ1) is 16.6. The molecule has 1 aromatic heterocycles. The van der Waals surface area contributed by atoms with E-state index in [2.05, 4.69) is 6.92 Å². The van der Waals surface area contributed by atoms with Crippen LogP contribution in [0.1, 0.15) is 29.3 Å². The summed E-state index contributed by atoms with van der Waals surface area (Å²) in [7, 11) is 3.47. The second-order valence-corrected chi connectivity index (χ2v) is 7.97. The normalized spacial score (nSPS) is 10.7. The molecule has 4 aromatic rings. The smallest absolute Gasteiger partial charge is 0.254 e. The Balaban J connectivity index is 1.79. The Labute approximate surface area is 200 Å². The molecule has 0 bridgehead atoms. The number of para-hydroxylation sites is 2. The fourth-order valence-electron chi connectivity index (χ4n) is 3.93. The lowest BCUT2D eigenvalue weighted by atomic mass is 10.1. The molecule has 6 nitrogen and oxygen atoms in total. The van der Waals surface area contributed by atoms with Gasteiger partial charge < -0.3 is 14.4 Å². The topological polar surface area (TPSA) is 56.6 Å². The van der Waals surface area contributed by atoms with Gasteiger partial charge in [-0.15, -0.1) is 0 Å². The number of carbonyl (C=O) groups is 1. The first-order valence-corrected chi connectivity index (χ1v) is 11.4. The Hall–Kier alpha value is -4.06. The number of methoxy groups -OCH3 is 1. The zero-order chi connectivity index (χ0) is 23.9. The Morgan fingerprint density at radius 3 is 2.18 bits per heavy atom. The largest absolute Gasteiger partial charge is 0.493 e. The Morgan fingerprint density at radius 2 is 1.53 bits per heavy atom. The summed E-state index contributed by atoms with van der Waals surface area (Å²) in [5, 5.41) is 4.79. The molecule has 1 heterocycles. The van der Waals surface area contributed by atoms with Gasteiger partial charge in [-0.05, 0) is 30.7 Å². The van der Waals surface area contributed by atoms with Gasteiger partial charge in [0.15, 0.2) is 11.5 Å². The van der Waals surface area contributed by atoms with Gasteiger partial charge in [-0.25, -0.2) is 4.68 Å². The summed E-state index contributed by atoms with van der Waals surface area (Å²) in [6.07, 6.45) is 0.836. The molecular formula is C28H29N3O3. The first kappa shape index (κ1) is 23.1. The fourth-order valence-corrected chi connectivity index (χ4v) is 3.93. The van der Waals surface area contributed by atoms with Crippen molar-refractivity contribution in [3.63, 3.8) is 0 Å². The van der Waals surface area contributed by atoms with E-state index >= 15 is 0 Å². The number of hydrogen-bond donors (Lipinski definition) is 0. The lowest BCUT2D eigenvalue weighted by Crippen LogP contribution is -2.31. The lowest BCUT2D eigenvalue weighted by Gasteiger charge is -2.23. The van der Waals surface area contributed by atoms with Gasteiger partial charge in [0.2, 0.25) is 5.88 Å². The summed E-state index contributed by atoms with van der Waals surface area (Å²) >= 11 is 0. The highest BCUT2D eigenvalue weighted by Crippen LogP contribution is 2.37. The number of benzene rings is 3. The lowest BCUT2D eigenvalue weighted by molar-refractivity contribution is 0.0742. The zero-order valence-corrected chi connectivity index (χ0v) is 19.8. The summed E-state index contributed by atoms with van der Waals surface area (Å²) in [5.41, 5.74) is 3.26. The average molecular weight is 456 g/mol. The van der Waals surface area contributed by atoms with Crippen molar-refractivity contribution in [3.05, 3.63) is 96.1 Å². The molecule has 34 heavy (non-hydrogen) atoms. The third-order valence-electron chi connectivity index (χ3n) is 5.56. The minimum Gasteiger partial charge on any atom is -0.493 e. The van der Waals surface area contributed by atoms with Gasteiger partial charge >= 0.3 is 0 Å². The molecule has 0 fully saturated rings. The van der Waals surface area contributed by atoms with Crippen molar-refractivity contribution in [2.24, 2.45) is 7.05 Å². The van der Waals surface area contributed by atoms with Crippen LogP contribution in [0.5, 0.6) is 17.4 Å². The SMILES string of the molecule is CCCN(Cc1c(-c2ccccc2)nn(C)c1Oc1ccccc1OC)C(=O)c1ccccc1. The highest BCUT2D eigenvalue weighted by molar-refractivity contribution is 5.94. The van der Waals surface area contributed by atoms with Crippen molar-refractivity contribution < 1.29 is 14.3 Å². The van der Waals surface area contributed by atoms with Crippen molar-refractivity contribution in [2.45, 2.75) is 19.9 Å². The van der Waals surface area contributed by atoms with Gasteiger partial charge in [-0.3, -0.25) is 4.79 Å². The number of nitrogens with zero attached hydrogens (tertiary/aromatic N) is 3. The van der Waals surface area contributed by atoms with E-state index in [1.54, 1.807) is 11.8 Å². The summed E-state index contributed by atoms with van der Waals surface area (Å²) in [5.74, 6) is 1.77. The highest BCUT2D eigenvalue weighted by Gasteiger charge is 2.25. The Bertz CT molecular complexity index is 1240. The van der Waals surface area contributed by atoms with Crippen LogP contribution in [-0.2, 0) is 13.6 Å². The predicted molar refractivity (Wildman–Crippen MR) is 133 cm³/mol. The molecule has 174 valence electrons. The number of ether oxygens (including phenoxy) is 2. The van der Waals surface area contributed by atoms with Gasteiger partial charge in [0.1, 0.15) is 5.69 Å². The number of carbonyl (C=O) groups excluding carboxylic acids is 1. The molecule has 3 aromatic carbocycles. The van der Waals surface area contributed by atoms with Crippen LogP contribution in [0.4, 0.5) is 0 Å². The van der Waals surface area contributed by atoms with E-state index in [-0.39, 0.29) is 5.91 Å². The number of hydrogen-bond acceptors (Lipinski definition) is 4. The van der Waals surface area contributed by atoms with Crippen LogP contribution in [0.3, 0.4) is 0 Å². The van der Waals surface area contributed by atoms with Crippen LogP contribution in [0.15, 0.2) is 84.9 Å².